The van der Waals surface area contributed by atoms with Crippen LogP contribution in [0.3, 0.4) is 0 Å². The fourth-order valence-corrected chi connectivity index (χ4v) is 3.59. The Kier molecular flexibility index (Phi) is 5.64. The lowest BCUT2D eigenvalue weighted by Gasteiger charge is -2.21. The monoisotopic (exact) mass is 459 g/mol. The van der Waals surface area contributed by atoms with Gasteiger partial charge in [0, 0.05) is 16.6 Å². The van der Waals surface area contributed by atoms with Crippen LogP contribution in [0.25, 0.3) is 5.69 Å². The molecule has 0 aliphatic carbocycles. The van der Waals surface area contributed by atoms with E-state index in [9.17, 15) is 9.18 Å². The van der Waals surface area contributed by atoms with Crippen molar-refractivity contribution >= 4 is 21.8 Å². The molecule has 3 aromatic rings. The summed E-state index contributed by atoms with van der Waals surface area (Å²) < 4.78 is 27.2. The highest BCUT2D eigenvalue weighted by Crippen LogP contribution is 2.29. The summed E-state index contributed by atoms with van der Waals surface area (Å²) in [6.07, 6.45) is 2.00. The number of hydrogen-bond donors (Lipinski definition) is 1. The van der Waals surface area contributed by atoms with Gasteiger partial charge in [-0.2, -0.15) is 5.10 Å². The van der Waals surface area contributed by atoms with Gasteiger partial charge in [0.15, 0.2) is 6.79 Å². The Bertz CT molecular complexity index is 1050. The van der Waals surface area contributed by atoms with E-state index in [2.05, 4.69) is 26.3 Å². The van der Waals surface area contributed by atoms with E-state index < -0.39 is 0 Å². The van der Waals surface area contributed by atoms with Gasteiger partial charge in [-0.3, -0.25) is 4.79 Å². The molecule has 29 heavy (non-hydrogen) atoms. The van der Waals surface area contributed by atoms with Crippen molar-refractivity contribution in [2.24, 2.45) is 0 Å². The van der Waals surface area contributed by atoms with Crippen LogP contribution in [0.2, 0.25) is 0 Å². The van der Waals surface area contributed by atoms with Crippen LogP contribution in [0.1, 0.15) is 27.2 Å². The second kappa shape index (κ2) is 8.34. The van der Waals surface area contributed by atoms with Gasteiger partial charge in [0.2, 0.25) is 0 Å². The first-order valence-corrected chi connectivity index (χ1v) is 9.93. The standard InChI is InChI=1S/C21H19BrFN3O3/c1-13-19(10-25-26(13)18-4-2-16(22)3-5-18)21(27)24-7-6-14-8-17(23)9-15-11-28-12-29-20(14)15/h2-5,8-10H,6-7,11-12H2,1H3,(H,24,27). The molecule has 1 amide bonds. The van der Waals surface area contributed by atoms with Crippen LogP contribution in [0.5, 0.6) is 5.75 Å². The number of carbonyl (C=O) groups is 1. The lowest BCUT2D eigenvalue weighted by Crippen LogP contribution is -2.26. The number of hydrogen-bond acceptors (Lipinski definition) is 4. The van der Waals surface area contributed by atoms with Gasteiger partial charge in [-0.25, -0.2) is 9.07 Å². The van der Waals surface area contributed by atoms with Gasteiger partial charge < -0.3 is 14.8 Å². The van der Waals surface area contributed by atoms with Crippen molar-refractivity contribution in [2.45, 2.75) is 20.0 Å². The fraction of sp³-hybridized carbons (Fsp3) is 0.238. The molecule has 6 nitrogen and oxygen atoms in total. The summed E-state index contributed by atoms with van der Waals surface area (Å²) in [6.45, 7) is 2.66. The summed E-state index contributed by atoms with van der Waals surface area (Å²) in [7, 11) is 0. The zero-order chi connectivity index (χ0) is 20.4. The largest absolute Gasteiger partial charge is 0.467 e. The van der Waals surface area contributed by atoms with E-state index in [1.54, 1.807) is 10.9 Å². The Hall–Kier alpha value is -2.71. The van der Waals surface area contributed by atoms with Crippen LogP contribution in [0, 0.1) is 12.7 Å². The smallest absolute Gasteiger partial charge is 0.254 e. The molecule has 0 saturated heterocycles. The number of nitrogens with zero attached hydrogens (tertiary/aromatic N) is 2. The van der Waals surface area contributed by atoms with E-state index in [1.165, 1.54) is 12.1 Å². The lowest BCUT2D eigenvalue weighted by atomic mass is 10.1. The van der Waals surface area contributed by atoms with Crippen molar-refractivity contribution < 1.29 is 18.7 Å². The van der Waals surface area contributed by atoms with Crippen LogP contribution in [0.15, 0.2) is 47.1 Å². The molecule has 1 aliphatic rings. The summed E-state index contributed by atoms with van der Waals surface area (Å²) in [6, 6.07) is 10.5. The van der Waals surface area contributed by atoms with Gasteiger partial charge in [-0.05, 0) is 55.3 Å². The first-order chi connectivity index (χ1) is 14.0. The third-order valence-corrected chi connectivity index (χ3v) is 5.29. The first-order valence-electron chi connectivity index (χ1n) is 9.13. The van der Waals surface area contributed by atoms with Crippen molar-refractivity contribution in [1.82, 2.24) is 15.1 Å². The number of amides is 1. The highest BCUT2D eigenvalue weighted by atomic mass is 79.9. The quantitative estimate of drug-likeness (QED) is 0.627. The van der Waals surface area contributed by atoms with E-state index in [1.807, 2.05) is 31.2 Å². The predicted molar refractivity (Wildman–Crippen MR) is 109 cm³/mol. The maximum Gasteiger partial charge on any atom is 0.254 e. The number of halogens is 2. The van der Waals surface area contributed by atoms with Crippen molar-refractivity contribution in [3.8, 4) is 11.4 Å². The second-order valence-corrected chi connectivity index (χ2v) is 7.62. The summed E-state index contributed by atoms with van der Waals surface area (Å²) in [4.78, 5) is 12.6. The van der Waals surface area contributed by atoms with E-state index in [0.29, 0.717) is 42.0 Å². The number of nitrogens with one attached hydrogen (secondary N) is 1. The average Bonchev–Trinajstić information content (AvgIpc) is 3.10. The lowest BCUT2D eigenvalue weighted by molar-refractivity contribution is -0.0172. The summed E-state index contributed by atoms with van der Waals surface area (Å²) in [5, 5.41) is 7.21. The van der Waals surface area contributed by atoms with Crippen LogP contribution in [0.4, 0.5) is 4.39 Å². The first kappa shape index (κ1) is 19.6. The number of ether oxygens (including phenoxy) is 2. The van der Waals surface area contributed by atoms with Crippen LogP contribution in [-0.2, 0) is 17.8 Å². The van der Waals surface area contributed by atoms with E-state index in [4.69, 9.17) is 9.47 Å². The van der Waals surface area contributed by atoms with Crippen molar-refractivity contribution in [2.75, 3.05) is 13.3 Å². The molecule has 0 spiro atoms. The van der Waals surface area contributed by atoms with Gasteiger partial charge in [-0.1, -0.05) is 15.9 Å². The minimum absolute atomic E-state index is 0.145. The van der Waals surface area contributed by atoms with E-state index in [0.717, 1.165) is 15.9 Å². The SMILES string of the molecule is Cc1c(C(=O)NCCc2cc(F)cc3c2OCOC3)cnn1-c1ccc(Br)cc1. The third kappa shape index (κ3) is 4.18. The van der Waals surface area contributed by atoms with Crippen molar-refractivity contribution in [1.29, 1.82) is 0 Å². The predicted octanol–water partition coefficient (Wildman–Crippen LogP) is 3.92. The van der Waals surface area contributed by atoms with Gasteiger partial charge in [0.05, 0.1) is 29.7 Å². The molecule has 4 rings (SSSR count). The minimum atomic E-state index is -0.342. The van der Waals surface area contributed by atoms with Crippen molar-refractivity contribution in [3.63, 3.8) is 0 Å². The summed E-state index contributed by atoms with van der Waals surface area (Å²) >= 11 is 3.41. The molecule has 2 heterocycles. The molecule has 0 atom stereocenters. The molecule has 1 aliphatic heterocycles. The molecule has 1 aromatic heterocycles. The molecule has 0 radical (unpaired) electrons. The van der Waals surface area contributed by atoms with E-state index >= 15 is 0 Å². The van der Waals surface area contributed by atoms with Crippen LogP contribution >= 0.6 is 15.9 Å². The summed E-state index contributed by atoms with van der Waals surface area (Å²) in [5.74, 6) is 0.0808. The second-order valence-electron chi connectivity index (χ2n) is 6.70. The highest BCUT2D eigenvalue weighted by Gasteiger charge is 2.18. The number of aromatic nitrogens is 2. The van der Waals surface area contributed by atoms with Crippen LogP contribution in [-0.4, -0.2) is 29.0 Å². The van der Waals surface area contributed by atoms with Gasteiger partial charge in [0.1, 0.15) is 11.6 Å². The summed E-state index contributed by atoms with van der Waals surface area (Å²) in [5.41, 5.74) is 3.51. The fourth-order valence-electron chi connectivity index (χ4n) is 3.32. The number of fused-ring (bicyclic) bond motifs is 1. The third-order valence-electron chi connectivity index (χ3n) is 4.76. The normalized spacial score (nSPS) is 12.9. The van der Waals surface area contributed by atoms with E-state index in [-0.39, 0.29) is 18.5 Å². The maximum absolute atomic E-state index is 13.8. The molecule has 0 bridgehead atoms. The van der Waals surface area contributed by atoms with Crippen LogP contribution < -0.4 is 10.1 Å². The molecule has 8 heteroatoms. The average molecular weight is 460 g/mol. The molecule has 150 valence electrons. The molecular weight excluding hydrogens is 441 g/mol. The zero-order valence-electron chi connectivity index (χ0n) is 15.7. The molecule has 0 fully saturated rings. The maximum atomic E-state index is 13.8. The molecular formula is C21H19BrFN3O3. The Morgan fingerprint density at radius 2 is 2.10 bits per heavy atom. The zero-order valence-corrected chi connectivity index (χ0v) is 17.3. The number of carbonyl (C=O) groups excluding carboxylic acids is 1. The number of benzene rings is 2. The Morgan fingerprint density at radius 3 is 2.90 bits per heavy atom. The van der Waals surface area contributed by atoms with Gasteiger partial charge in [-0.15, -0.1) is 0 Å². The molecule has 0 saturated carbocycles. The highest BCUT2D eigenvalue weighted by molar-refractivity contribution is 9.10. The van der Waals surface area contributed by atoms with Gasteiger partial charge in [0.25, 0.3) is 5.91 Å². The Balaban J connectivity index is 1.44. The number of rotatable bonds is 5. The topological polar surface area (TPSA) is 65.4 Å². The Morgan fingerprint density at radius 1 is 1.31 bits per heavy atom. The molecule has 0 unspecified atom stereocenters. The minimum Gasteiger partial charge on any atom is -0.467 e. The van der Waals surface area contributed by atoms with Gasteiger partial charge >= 0.3 is 0 Å². The van der Waals surface area contributed by atoms with Crippen molar-refractivity contribution in [3.05, 3.63) is 75.3 Å². The Labute approximate surface area is 175 Å². The molecule has 2 aromatic carbocycles. The molecule has 1 N–H and O–H groups in total.